The molecular weight excluding hydrogens is 411 g/mol. The summed E-state index contributed by atoms with van der Waals surface area (Å²) in [6.45, 7) is 1.69. The molecule has 2 amide bonds. The summed E-state index contributed by atoms with van der Waals surface area (Å²) < 4.78 is 20.2. The Morgan fingerprint density at radius 2 is 1.78 bits per heavy atom. The Labute approximate surface area is 183 Å². The molecule has 0 aliphatic carbocycles. The van der Waals surface area contributed by atoms with Crippen LogP contribution in [0.3, 0.4) is 0 Å². The van der Waals surface area contributed by atoms with Crippen LogP contribution in [0, 0.1) is 12.7 Å². The topological polar surface area (TPSA) is 89.2 Å². The maximum atomic E-state index is 13.4. The van der Waals surface area contributed by atoms with Gasteiger partial charge in [-0.2, -0.15) is 5.10 Å². The number of aromatic nitrogens is 2. The summed E-state index contributed by atoms with van der Waals surface area (Å²) in [7, 11) is 0. The van der Waals surface area contributed by atoms with Crippen LogP contribution in [0.1, 0.15) is 21.7 Å². The zero-order valence-electron chi connectivity index (χ0n) is 17.3. The maximum absolute atomic E-state index is 13.4. The monoisotopic (exact) mass is 432 g/mol. The third-order valence-corrected chi connectivity index (χ3v) is 4.92. The second kappa shape index (κ2) is 9.30. The number of aryl methyl sites for hydroxylation is 1. The number of amides is 2. The predicted molar refractivity (Wildman–Crippen MR) is 117 cm³/mol. The van der Waals surface area contributed by atoms with Crippen molar-refractivity contribution in [3.8, 4) is 16.9 Å². The average Bonchev–Trinajstić information content (AvgIpc) is 3.43. The van der Waals surface area contributed by atoms with Gasteiger partial charge in [-0.15, -0.1) is 0 Å². The van der Waals surface area contributed by atoms with Gasteiger partial charge in [-0.05, 0) is 49.4 Å². The molecule has 8 heteroatoms. The molecule has 0 fully saturated rings. The van der Waals surface area contributed by atoms with E-state index in [4.69, 9.17) is 4.42 Å². The molecule has 0 saturated heterocycles. The van der Waals surface area contributed by atoms with Gasteiger partial charge in [-0.25, -0.2) is 9.07 Å². The van der Waals surface area contributed by atoms with Gasteiger partial charge >= 0.3 is 0 Å². The number of hydrogen-bond acceptors (Lipinski definition) is 4. The Bertz CT molecular complexity index is 1230. The number of para-hydroxylation sites is 1. The van der Waals surface area contributed by atoms with E-state index < -0.39 is 0 Å². The Balaban J connectivity index is 1.47. The van der Waals surface area contributed by atoms with Gasteiger partial charge in [0.25, 0.3) is 5.91 Å². The number of rotatable bonds is 7. The lowest BCUT2D eigenvalue weighted by molar-refractivity contribution is -0.120. The van der Waals surface area contributed by atoms with Crippen molar-refractivity contribution in [1.29, 1.82) is 0 Å². The molecule has 0 saturated carbocycles. The van der Waals surface area contributed by atoms with Gasteiger partial charge in [-0.1, -0.05) is 18.2 Å². The number of benzene rings is 2. The van der Waals surface area contributed by atoms with Crippen LogP contribution in [0.5, 0.6) is 0 Å². The van der Waals surface area contributed by atoms with Gasteiger partial charge in [0.05, 0.1) is 29.8 Å². The van der Waals surface area contributed by atoms with Crippen molar-refractivity contribution in [3.05, 3.63) is 95.8 Å². The lowest BCUT2D eigenvalue weighted by Crippen LogP contribution is -2.36. The molecule has 0 spiro atoms. The highest BCUT2D eigenvalue weighted by molar-refractivity contribution is 5.97. The van der Waals surface area contributed by atoms with Gasteiger partial charge in [0, 0.05) is 23.9 Å². The fourth-order valence-electron chi connectivity index (χ4n) is 3.24. The minimum atomic E-state index is -0.379. The minimum absolute atomic E-state index is 0.178. The Morgan fingerprint density at radius 3 is 2.47 bits per heavy atom. The van der Waals surface area contributed by atoms with E-state index in [1.165, 1.54) is 18.4 Å². The van der Waals surface area contributed by atoms with Crippen molar-refractivity contribution in [3.63, 3.8) is 0 Å². The Kier molecular flexibility index (Phi) is 6.12. The molecule has 2 aromatic carbocycles. The number of carbonyl (C=O) groups excluding carboxylic acids is 2. The molecule has 0 aliphatic heterocycles. The zero-order valence-corrected chi connectivity index (χ0v) is 17.3. The Morgan fingerprint density at radius 1 is 1.03 bits per heavy atom. The first-order valence-corrected chi connectivity index (χ1v) is 10.00. The average molecular weight is 432 g/mol. The van der Waals surface area contributed by atoms with Crippen molar-refractivity contribution < 1.29 is 18.4 Å². The number of nitrogens with one attached hydrogen (secondary N) is 2. The standard InChI is InChI=1S/C24H21FN4O3/c1-16-21(11-12-32-16)24(31)27-14-22(30)26-13-18-15-29(20-5-3-2-4-6-20)28-23(18)17-7-9-19(25)10-8-17/h2-12,15H,13-14H2,1H3,(H,26,30)(H,27,31). The third kappa shape index (κ3) is 4.75. The van der Waals surface area contributed by atoms with E-state index in [-0.39, 0.29) is 30.7 Å². The lowest BCUT2D eigenvalue weighted by Gasteiger charge is -2.07. The Hall–Kier alpha value is -4.20. The summed E-state index contributed by atoms with van der Waals surface area (Å²) in [5, 5.41) is 10.0. The molecule has 0 aliphatic rings. The van der Waals surface area contributed by atoms with Crippen LogP contribution in [0.25, 0.3) is 16.9 Å². The highest BCUT2D eigenvalue weighted by atomic mass is 19.1. The number of nitrogens with zero attached hydrogens (tertiary/aromatic N) is 2. The molecule has 4 aromatic rings. The number of hydrogen-bond donors (Lipinski definition) is 2. The van der Waals surface area contributed by atoms with Gasteiger partial charge in [0.15, 0.2) is 0 Å². The van der Waals surface area contributed by atoms with Crippen LogP contribution in [0.15, 0.2) is 77.5 Å². The van der Waals surface area contributed by atoms with Crippen LogP contribution in [0.4, 0.5) is 4.39 Å². The summed E-state index contributed by atoms with van der Waals surface area (Å²) in [5.74, 6) is -0.581. The summed E-state index contributed by atoms with van der Waals surface area (Å²) in [4.78, 5) is 24.5. The van der Waals surface area contributed by atoms with Gasteiger partial charge in [-0.3, -0.25) is 9.59 Å². The van der Waals surface area contributed by atoms with E-state index in [2.05, 4.69) is 15.7 Å². The van der Waals surface area contributed by atoms with E-state index in [1.54, 1.807) is 29.8 Å². The van der Waals surface area contributed by atoms with E-state index >= 15 is 0 Å². The van der Waals surface area contributed by atoms with Crippen molar-refractivity contribution in [2.45, 2.75) is 13.5 Å². The van der Waals surface area contributed by atoms with Crippen LogP contribution in [0.2, 0.25) is 0 Å². The fourth-order valence-corrected chi connectivity index (χ4v) is 3.24. The SMILES string of the molecule is Cc1occc1C(=O)NCC(=O)NCc1cn(-c2ccccc2)nc1-c1ccc(F)cc1. The van der Waals surface area contributed by atoms with Crippen LogP contribution in [-0.2, 0) is 11.3 Å². The molecule has 4 rings (SSSR count). The van der Waals surface area contributed by atoms with E-state index in [0.717, 1.165) is 16.8 Å². The van der Waals surface area contributed by atoms with E-state index in [9.17, 15) is 14.0 Å². The smallest absolute Gasteiger partial charge is 0.255 e. The van der Waals surface area contributed by atoms with Crippen molar-refractivity contribution in [2.24, 2.45) is 0 Å². The molecule has 0 radical (unpaired) electrons. The van der Waals surface area contributed by atoms with Crippen molar-refractivity contribution in [1.82, 2.24) is 20.4 Å². The predicted octanol–water partition coefficient (Wildman–Crippen LogP) is 3.63. The second-order valence-corrected chi connectivity index (χ2v) is 7.14. The third-order valence-electron chi connectivity index (χ3n) is 4.92. The molecule has 7 nitrogen and oxygen atoms in total. The maximum Gasteiger partial charge on any atom is 0.255 e. The molecule has 0 unspecified atom stereocenters. The first kappa shape index (κ1) is 21.0. The largest absolute Gasteiger partial charge is 0.469 e. The van der Waals surface area contributed by atoms with E-state index in [1.807, 2.05) is 36.5 Å². The molecule has 0 atom stereocenters. The minimum Gasteiger partial charge on any atom is -0.469 e. The van der Waals surface area contributed by atoms with Crippen LogP contribution in [-0.4, -0.2) is 28.1 Å². The number of halogens is 1. The summed E-state index contributed by atoms with van der Waals surface area (Å²) >= 11 is 0. The summed E-state index contributed by atoms with van der Waals surface area (Å²) in [6, 6.07) is 17.1. The normalized spacial score (nSPS) is 10.7. The first-order chi connectivity index (χ1) is 15.5. The van der Waals surface area contributed by atoms with E-state index in [0.29, 0.717) is 17.0 Å². The lowest BCUT2D eigenvalue weighted by atomic mass is 10.1. The highest BCUT2D eigenvalue weighted by Gasteiger charge is 2.15. The molecule has 2 N–H and O–H groups in total. The molecule has 2 heterocycles. The van der Waals surface area contributed by atoms with Crippen molar-refractivity contribution >= 4 is 11.8 Å². The van der Waals surface area contributed by atoms with Crippen LogP contribution < -0.4 is 10.6 Å². The zero-order chi connectivity index (χ0) is 22.5. The van der Waals surface area contributed by atoms with Crippen LogP contribution >= 0.6 is 0 Å². The second-order valence-electron chi connectivity index (χ2n) is 7.14. The van der Waals surface area contributed by atoms with Crippen molar-refractivity contribution in [2.75, 3.05) is 6.54 Å². The fraction of sp³-hybridized carbons (Fsp3) is 0.125. The van der Waals surface area contributed by atoms with Gasteiger partial charge < -0.3 is 15.1 Å². The number of carbonyl (C=O) groups is 2. The van der Waals surface area contributed by atoms with Gasteiger partial charge in [0.1, 0.15) is 11.6 Å². The molecule has 162 valence electrons. The first-order valence-electron chi connectivity index (χ1n) is 10.00. The molecule has 0 bridgehead atoms. The highest BCUT2D eigenvalue weighted by Crippen LogP contribution is 2.24. The molecular formula is C24H21FN4O3. The van der Waals surface area contributed by atoms with Gasteiger partial charge in [0.2, 0.25) is 5.91 Å². The summed E-state index contributed by atoms with van der Waals surface area (Å²) in [6.07, 6.45) is 3.24. The molecule has 32 heavy (non-hydrogen) atoms. The molecule has 2 aromatic heterocycles. The quantitative estimate of drug-likeness (QED) is 0.467. The summed E-state index contributed by atoms with van der Waals surface area (Å²) in [5.41, 5.74) is 3.36. The number of furan rings is 1.